The van der Waals surface area contributed by atoms with E-state index in [-0.39, 0.29) is 18.0 Å². The van der Waals surface area contributed by atoms with Gasteiger partial charge < -0.3 is 15.5 Å². The Kier molecular flexibility index (Phi) is 6.27. The van der Waals surface area contributed by atoms with Gasteiger partial charge in [0.25, 0.3) is 5.91 Å². The fourth-order valence-electron chi connectivity index (χ4n) is 2.76. The third-order valence-electron chi connectivity index (χ3n) is 4.03. The Hall–Kier alpha value is -2.25. The highest BCUT2D eigenvalue weighted by Gasteiger charge is 2.28. The lowest BCUT2D eigenvalue weighted by atomic mass is 10.0. The number of amides is 2. The summed E-state index contributed by atoms with van der Waals surface area (Å²) in [7, 11) is 0. The number of piperidine rings is 1. The van der Waals surface area contributed by atoms with Gasteiger partial charge in [-0.05, 0) is 37.0 Å². The summed E-state index contributed by atoms with van der Waals surface area (Å²) < 4.78 is 36.5. The van der Waals surface area contributed by atoms with Crippen LogP contribution in [0.4, 0.5) is 18.9 Å². The molecule has 0 saturated carbocycles. The van der Waals surface area contributed by atoms with Crippen LogP contribution in [-0.4, -0.2) is 49.1 Å². The first-order chi connectivity index (χ1) is 11.7. The number of rotatable bonds is 5. The van der Waals surface area contributed by atoms with Crippen LogP contribution >= 0.6 is 0 Å². The SMILES string of the molecule is C[C@@H]1CCCN(C(=O)CNc2cccc(C(=O)NCC(F)(F)F)c2)C1. The highest BCUT2D eigenvalue weighted by Crippen LogP contribution is 2.16. The maximum atomic E-state index is 12.2. The van der Waals surface area contributed by atoms with E-state index in [0.29, 0.717) is 11.6 Å². The third kappa shape index (κ3) is 6.28. The quantitative estimate of drug-likeness (QED) is 0.852. The van der Waals surface area contributed by atoms with Gasteiger partial charge in [0, 0.05) is 24.3 Å². The molecule has 1 atom stereocenters. The van der Waals surface area contributed by atoms with Crippen molar-refractivity contribution in [1.82, 2.24) is 10.2 Å². The van der Waals surface area contributed by atoms with Crippen LogP contribution in [0.15, 0.2) is 24.3 Å². The van der Waals surface area contributed by atoms with E-state index in [1.165, 1.54) is 12.1 Å². The molecule has 1 saturated heterocycles. The molecule has 1 aliphatic heterocycles. The van der Waals surface area contributed by atoms with E-state index in [9.17, 15) is 22.8 Å². The molecular formula is C17H22F3N3O2. The number of halogens is 3. The van der Waals surface area contributed by atoms with E-state index >= 15 is 0 Å². The van der Waals surface area contributed by atoms with E-state index in [1.807, 2.05) is 5.32 Å². The van der Waals surface area contributed by atoms with Crippen LogP contribution in [0.1, 0.15) is 30.1 Å². The summed E-state index contributed by atoms with van der Waals surface area (Å²) in [5.74, 6) is -0.353. The Morgan fingerprint density at radius 2 is 2.08 bits per heavy atom. The minimum atomic E-state index is -4.45. The van der Waals surface area contributed by atoms with Gasteiger partial charge in [-0.25, -0.2) is 0 Å². The van der Waals surface area contributed by atoms with Crippen molar-refractivity contribution in [2.45, 2.75) is 25.9 Å². The predicted octanol–water partition coefficient (Wildman–Crippen LogP) is 2.65. The summed E-state index contributed by atoms with van der Waals surface area (Å²) in [6.45, 7) is 2.29. The van der Waals surface area contributed by atoms with Crippen molar-refractivity contribution in [3.63, 3.8) is 0 Å². The van der Waals surface area contributed by atoms with Crippen molar-refractivity contribution in [1.29, 1.82) is 0 Å². The molecule has 0 aromatic heterocycles. The van der Waals surface area contributed by atoms with Gasteiger partial charge in [0.1, 0.15) is 6.54 Å². The minimum Gasteiger partial charge on any atom is -0.376 e. The lowest BCUT2D eigenvalue weighted by Gasteiger charge is -2.31. The van der Waals surface area contributed by atoms with E-state index in [2.05, 4.69) is 12.2 Å². The number of hydrogen-bond donors (Lipinski definition) is 2. The standard InChI is InChI=1S/C17H22F3N3O2/c1-12-4-3-7-23(10-12)15(24)9-21-14-6-2-5-13(8-14)16(25)22-11-17(18,19)20/h2,5-6,8,12,21H,3-4,7,9-11H2,1H3,(H,22,25)/t12-/m1/s1. The lowest BCUT2D eigenvalue weighted by Crippen LogP contribution is -2.41. The first-order valence-corrected chi connectivity index (χ1v) is 8.21. The zero-order valence-electron chi connectivity index (χ0n) is 14.0. The van der Waals surface area contributed by atoms with Crippen LogP contribution in [0.5, 0.6) is 0 Å². The average Bonchev–Trinajstić information content (AvgIpc) is 2.57. The van der Waals surface area contributed by atoms with E-state index in [0.717, 1.165) is 25.9 Å². The molecule has 2 N–H and O–H groups in total. The Morgan fingerprint density at radius 1 is 1.32 bits per heavy atom. The minimum absolute atomic E-state index is 0.0292. The van der Waals surface area contributed by atoms with E-state index in [4.69, 9.17) is 0 Å². The summed E-state index contributed by atoms with van der Waals surface area (Å²) >= 11 is 0. The van der Waals surface area contributed by atoms with Crippen molar-refractivity contribution in [3.05, 3.63) is 29.8 Å². The van der Waals surface area contributed by atoms with Gasteiger partial charge in [-0.15, -0.1) is 0 Å². The Balaban J connectivity index is 1.88. The number of alkyl halides is 3. The van der Waals surface area contributed by atoms with Gasteiger partial charge in [-0.3, -0.25) is 9.59 Å². The van der Waals surface area contributed by atoms with Gasteiger partial charge in [0.2, 0.25) is 5.91 Å². The largest absolute Gasteiger partial charge is 0.405 e. The maximum Gasteiger partial charge on any atom is 0.405 e. The highest BCUT2D eigenvalue weighted by molar-refractivity contribution is 5.95. The molecule has 8 heteroatoms. The van der Waals surface area contributed by atoms with Crippen LogP contribution in [0.3, 0.4) is 0 Å². The molecule has 5 nitrogen and oxygen atoms in total. The number of benzene rings is 1. The molecule has 1 heterocycles. The molecule has 2 rings (SSSR count). The van der Waals surface area contributed by atoms with Crippen LogP contribution in [0.25, 0.3) is 0 Å². The van der Waals surface area contributed by atoms with Crippen molar-refractivity contribution < 1.29 is 22.8 Å². The number of carbonyl (C=O) groups is 2. The second kappa shape index (κ2) is 8.22. The third-order valence-corrected chi connectivity index (χ3v) is 4.03. The number of anilines is 1. The van der Waals surface area contributed by atoms with Gasteiger partial charge >= 0.3 is 6.18 Å². The maximum absolute atomic E-state index is 12.2. The molecule has 1 aliphatic rings. The number of nitrogens with one attached hydrogen (secondary N) is 2. The Labute approximate surface area is 144 Å². The lowest BCUT2D eigenvalue weighted by molar-refractivity contribution is -0.131. The molecule has 1 aromatic rings. The van der Waals surface area contributed by atoms with Gasteiger partial charge in [-0.2, -0.15) is 13.2 Å². The molecule has 0 aliphatic carbocycles. The van der Waals surface area contributed by atoms with Gasteiger partial charge in [0.05, 0.1) is 6.54 Å². The fourth-order valence-corrected chi connectivity index (χ4v) is 2.76. The number of hydrogen-bond acceptors (Lipinski definition) is 3. The molecule has 0 bridgehead atoms. The van der Waals surface area contributed by atoms with Gasteiger partial charge in [0.15, 0.2) is 0 Å². The number of carbonyl (C=O) groups excluding carboxylic acids is 2. The summed E-state index contributed by atoms with van der Waals surface area (Å²) in [4.78, 5) is 25.8. The fraction of sp³-hybridized carbons (Fsp3) is 0.529. The smallest absolute Gasteiger partial charge is 0.376 e. The number of likely N-dealkylation sites (tertiary alicyclic amines) is 1. The summed E-state index contributed by atoms with van der Waals surface area (Å²) in [5, 5.41) is 4.75. The molecule has 138 valence electrons. The van der Waals surface area contributed by atoms with Crippen LogP contribution in [-0.2, 0) is 4.79 Å². The van der Waals surface area contributed by atoms with Gasteiger partial charge in [-0.1, -0.05) is 13.0 Å². The summed E-state index contributed by atoms with van der Waals surface area (Å²) in [6.07, 6.45) is -2.35. The van der Waals surface area contributed by atoms with Crippen molar-refractivity contribution in [2.75, 3.05) is 31.5 Å². The molecule has 0 unspecified atom stereocenters. The first-order valence-electron chi connectivity index (χ1n) is 8.21. The van der Waals surface area contributed by atoms with Crippen molar-refractivity contribution >= 4 is 17.5 Å². The molecule has 0 spiro atoms. The predicted molar refractivity (Wildman–Crippen MR) is 88.3 cm³/mol. The second-order valence-electron chi connectivity index (χ2n) is 6.32. The molecule has 2 amide bonds. The van der Waals surface area contributed by atoms with Crippen LogP contribution in [0.2, 0.25) is 0 Å². The summed E-state index contributed by atoms with van der Waals surface area (Å²) in [6, 6.07) is 6.06. The Morgan fingerprint density at radius 3 is 2.76 bits per heavy atom. The van der Waals surface area contributed by atoms with E-state index in [1.54, 1.807) is 17.0 Å². The van der Waals surface area contributed by atoms with E-state index < -0.39 is 18.6 Å². The molecule has 0 radical (unpaired) electrons. The molecular weight excluding hydrogens is 335 g/mol. The van der Waals surface area contributed by atoms with Crippen molar-refractivity contribution in [2.24, 2.45) is 5.92 Å². The average molecular weight is 357 g/mol. The molecule has 1 fully saturated rings. The molecule has 1 aromatic carbocycles. The Bertz CT molecular complexity index is 619. The normalized spacial score (nSPS) is 17.9. The zero-order valence-corrected chi connectivity index (χ0v) is 14.0. The topological polar surface area (TPSA) is 61.4 Å². The van der Waals surface area contributed by atoms with Crippen LogP contribution in [0, 0.1) is 5.92 Å². The highest BCUT2D eigenvalue weighted by atomic mass is 19.4. The van der Waals surface area contributed by atoms with Crippen LogP contribution < -0.4 is 10.6 Å². The second-order valence-corrected chi connectivity index (χ2v) is 6.32. The summed E-state index contributed by atoms with van der Waals surface area (Å²) in [5.41, 5.74) is 0.617. The first kappa shape index (κ1) is 19.1. The monoisotopic (exact) mass is 357 g/mol. The number of nitrogens with zero attached hydrogens (tertiary/aromatic N) is 1. The molecule has 25 heavy (non-hydrogen) atoms. The zero-order chi connectivity index (χ0) is 18.4. The van der Waals surface area contributed by atoms with Crippen molar-refractivity contribution in [3.8, 4) is 0 Å².